The highest BCUT2D eigenvalue weighted by atomic mass is 32.2. The lowest BCUT2D eigenvalue weighted by molar-refractivity contribution is 0.353. The van der Waals surface area contributed by atoms with Crippen LogP contribution in [0.3, 0.4) is 0 Å². The average molecular weight is 373 g/mol. The van der Waals surface area contributed by atoms with Gasteiger partial charge in [-0.1, -0.05) is 13.8 Å². The molecule has 1 aliphatic heterocycles. The van der Waals surface area contributed by atoms with Crippen LogP contribution < -0.4 is 5.32 Å². The van der Waals surface area contributed by atoms with Crippen molar-refractivity contribution in [3.05, 3.63) is 16.1 Å². The maximum Gasteiger partial charge on any atom is 0.194 e. The number of aromatic nitrogens is 1. The lowest BCUT2D eigenvalue weighted by Crippen LogP contribution is -2.57. The van der Waals surface area contributed by atoms with Gasteiger partial charge in [0.05, 0.1) is 22.1 Å². The number of sulfone groups is 1. The highest BCUT2D eigenvalue weighted by Crippen LogP contribution is 2.24. The van der Waals surface area contributed by atoms with Crippen molar-refractivity contribution in [1.82, 2.24) is 15.2 Å². The highest BCUT2D eigenvalue weighted by Gasteiger charge is 2.40. The van der Waals surface area contributed by atoms with Crippen LogP contribution in [0.2, 0.25) is 0 Å². The Morgan fingerprint density at radius 2 is 2.21 bits per heavy atom. The number of nitrogens with one attached hydrogen (secondary N) is 1. The van der Waals surface area contributed by atoms with E-state index in [9.17, 15) is 8.42 Å². The molecule has 1 aromatic rings. The second-order valence-corrected chi connectivity index (χ2v) is 11.2. The SMILES string of the molecule is CN=C(NCc1cnc(CC(C)C)s1)N1CCS(=O)(=O)C(C)(C)C1. The van der Waals surface area contributed by atoms with Gasteiger partial charge in [0.15, 0.2) is 15.8 Å². The van der Waals surface area contributed by atoms with Crippen molar-refractivity contribution in [1.29, 1.82) is 0 Å². The molecule has 1 aliphatic rings. The molecule has 1 fully saturated rings. The molecule has 1 N–H and O–H groups in total. The molecule has 0 atom stereocenters. The molecule has 1 saturated heterocycles. The molecular formula is C16H28N4O2S2. The second-order valence-electron chi connectivity index (χ2n) is 7.22. The Kier molecular flexibility index (Phi) is 5.91. The lowest BCUT2D eigenvalue weighted by Gasteiger charge is -2.39. The van der Waals surface area contributed by atoms with Crippen molar-refractivity contribution in [3.8, 4) is 0 Å². The quantitative estimate of drug-likeness (QED) is 0.646. The number of guanidine groups is 1. The van der Waals surface area contributed by atoms with E-state index in [1.54, 1.807) is 32.2 Å². The van der Waals surface area contributed by atoms with Gasteiger partial charge >= 0.3 is 0 Å². The van der Waals surface area contributed by atoms with Gasteiger partial charge in [0.2, 0.25) is 0 Å². The topological polar surface area (TPSA) is 74.7 Å². The Labute approximate surface area is 149 Å². The van der Waals surface area contributed by atoms with E-state index in [4.69, 9.17) is 0 Å². The Hall–Kier alpha value is -1.15. The third kappa shape index (κ3) is 4.47. The van der Waals surface area contributed by atoms with Gasteiger partial charge in [-0.25, -0.2) is 13.4 Å². The number of hydrogen-bond donors (Lipinski definition) is 1. The Balaban J connectivity index is 1.97. The van der Waals surface area contributed by atoms with Gasteiger partial charge in [0.25, 0.3) is 0 Å². The van der Waals surface area contributed by atoms with E-state index >= 15 is 0 Å². The van der Waals surface area contributed by atoms with Crippen LogP contribution in [-0.2, 0) is 22.8 Å². The summed E-state index contributed by atoms with van der Waals surface area (Å²) in [6.45, 7) is 9.53. The third-order valence-corrected chi connectivity index (χ3v) is 7.71. The Morgan fingerprint density at radius 1 is 1.50 bits per heavy atom. The first-order valence-corrected chi connectivity index (χ1v) is 10.7. The number of rotatable bonds is 4. The van der Waals surface area contributed by atoms with Crippen molar-refractivity contribution < 1.29 is 8.42 Å². The zero-order valence-corrected chi connectivity index (χ0v) is 16.8. The Morgan fingerprint density at radius 3 is 2.79 bits per heavy atom. The van der Waals surface area contributed by atoms with Crippen molar-refractivity contribution in [2.75, 3.05) is 25.9 Å². The second kappa shape index (κ2) is 7.39. The zero-order valence-electron chi connectivity index (χ0n) is 15.2. The molecule has 0 spiro atoms. The van der Waals surface area contributed by atoms with Crippen molar-refractivity contribution in [3.63, 3.8) is 0 Å². The minimum absolute atomic E-state index is 0.166. The van der Waals surface area contributed by atoms with E-state index in [2.05, 4.69) is 29.1 Å². The molecule has 0 aromatic carbocycles. The molecule has 24 heavy (non-hydrogen) atoms. The maximum absolute atomic E-state index is 12.1. The standard InChI is InChI=1S/C16H28N4O2S2/c1-12(2)8-14-18-9-13(23-14)10-19-15(17-5)20-6-7-24(21,22)16(3,4)11-20/h9,12H,6-8,10-11H2,1-5H3,(H,17,19). The van der Waals surface area contributed by atoms with Crippen LogP contribution in [0.15, 0.2) is 11.2 Å². The molecule has 136 valence electrons. The monoisotopic (exact) mass is 372 g/mol. The van der Waals surface area contributed by atoms with Crippen LogP contribution >= 0.6 is 11.3 Å². The predicted molar refractivity (Wildman–Crippen MR) is 100 cm³/mol. The fourth-order valence-electron chi connectivity index (χ4n) is 2.70. The number of nitrogens with zero attached hydrogens (tertiary/aromatic N) is 3. The molecule has 2 rings (SSSR count). The number of aliphatic imine (C=N–C) groups is 1. The maximum atomic E-state index is 12.1. The predicted octanol–water partition coefficient (Wildman–Crippen LogP) is 1.93. The summed E-state index contributed by atoms with van der Waals surface area (Å²) in [5.74, 6) is 1.51. The van der Waals surface area contributed by atoms with Crippen LogP contribution in [0.25, 0.3) is 0 Å². The van der Waals surface area contributed by atoms with E-state index in [0.29, 0.717) is 25.6 Å². The molecule has 0 unspecified atom stereocenters. The van der Waals surface area contributed by atoms with Crippen molar-refractivity contribution in [2.45, 2.75) is 45.4 Å². The summed E-state index contributed by atoms with van der Waals surface area (Å²) in [4.78, 5) is 12.0. The summed E-state index contributed by atoms with van der Waals surface area (Å²) in [7, 11) is -1.31. The molecule has 0 saturated carbocycles. The number of hydrogen-bond acceptors (Lipinski definition) is 5. The lowest BCUT2D eigenvalue weighted by atomic mass is 10.1. The van der Waals surface area contributed by atoms with Crippen molar-refractivity contribution in [2.24, 2.45) is 10.9 Å². The molecule has 2 heterocycles. The molecule has 0 amide bonds. The first kappa shape index (κ1) is 19.2. The molecular weight excluding hydrogens is 344 g/mol. The van der Waals surface area contributed by atoms with E-state index in [1.807, 2.05) is 11.1 Å². The van der Waals surface area contributed by atoms with Crippen LogP contribution in [0.1, 0.15) is 37.6 Å². The summed E-state index contributed by atoms with van der Waals surface area (Å²) in [6.07, 6.45) is 2.91. The normalized spacial score (nSPS) is 20.4. The zero-order chi connectivity index (χ0) is 18.0. The van der Waals surface area contributed by atoms with Gasteiger partial charge in [-0.3, -0.25) is 4.99 Å². The molecule has 0 aliphatic carbocycles. The Bertz CT molecular complexity index is 693. The summed E-state index contributed by atoms with van der Waals surface area (Å²) >= 11 is 1.72. The fourth-order valence-corrected chi connectivity index (χ4v) is 5.14. The van der Waals surface area contributed by atoms with Gasteiger partial charge < -0.3 is 10.2 Å². The molecule has 1 aromatic heterocycles. The summed E-state index contributed by atoms with van der Waals surface area (Å²) in [6, 6.07) is 0. The molecule has 0 radical (unpaired) electrons. The smallest absolute Gasteiger partial charge is 0.194 e. The van der Waals surface area contributed by atoms with E-state index in [0.717, 1.165) is 22.3 Å². The summed E-state index contributed by atoms with van der Waals surface area (Å²) in [5, 5.41) is 4.49. The van der Waals surface area contributed by atoms with Crippen LogP contribution in [0.5, 0.6) is 0 Å². The molecule has 6 nitrogen and oxygen atoms in total. The average Bonchev–Trinajstić information content (AvgIpc) is 2.90. The first-order chi connectivity index (χ1) is 11.1. The van der Waals surface area contributed by atoms with E-state index in [1.165, 1.54) is 0 Å². The van der Waals surface area contributed by atoms with Crippen molar-refractivity contribution >= 4 is 27.1 Å². The molecule has 8 heteroatoms. The van der Waals surface area contributed by atoms with Gasteiger partial charge in [0, 0.05) is 37.6 Å². The van der Waals surface area contributed by atoms with Crippen LogP contribution in [-0.4, -0.2) is 54.9 Å². The van der Waals surface area contributed by atoms with Gasteiger partial charge in [0.1, 0.15) is 0 Å². The minimum atomic E-state index is -3.04. The van der Waals surface area contributed by atoms with Crippen LogP contribution in [0, 0.1) is 5.92 Å². The van der Waals surface area contributed by atoms with Gasteiger partial charge in [-0.05, 0) is 19.8 Å². The first-order valence-electron chi connectivity index (χ1n) is 8.26. The molecule has 0 bridgehead atoms. The van der Waals surface area contributed by atoms with Gasteiger partial charge in [-0.15, -0.1) is 11.3 Å². The fraction of sp³-hybridized carbons (Fsp3) is 0.750. The third-order valence-electron chi connectivity index (χ3n) is 4.16. The van der Waals surface area contributed by atoms with Gasteiger partial charge in [-0.2, -0.15) is 0 Å². The number of thiazole rings is 1. The largest absolute Gasteiger partial charge is 0.351 e. The minimum Gasteiger partial charge on any atom is -0.351 e. The highest BCUT2D eigenvalue weighted by molar-refractivity contribution is 7.92. The summed E-state index contributed by atoms with van der Waals surface area (Å²) < 4.78 is 23.5. The van der Waals surface area contributed by atoms with Crippen LogP contribution in [0.4, 0.5) is 0 Å². The van der Waals surface area contributed by atoms with E-state index in [-0.39, 0.29) is 5.75 Å². The summed E-state index contributed by atoms with van der Waals surface area (Å²) in [5.41, 5.74) is 0. The van der Waals surface area contributed by atoms with E-state index < -0.39 is 14.6 Å².